The number of aliphatic hydroxyl groups is 2. The van der Waals surface area contributed by atoms with Gasteiger partial charge in [-0.25, -0.2) is 18.6 Å². The number of phenols is 2. The molecule has 11 unspecified atom stereocenters. The number of aryl methyl sites for hydroxylation is 4. The van der Waals surface area contributed by atoms with Gasteiger partial charge in [-0.3, -0.25) is 58.2 Å². The molecule has 17 N–H and O–H groups in total. The number of sulfone groups is 1. The molecular formula is C88H118N8O31S. The van der Waals surface area contributed by atoms with Crippen molar-refractivity contribution in [1.29, 1.82) is 0 Å². The van der Waals surface area contributed by atoms with Gasteiger partial charge in [0.05, 0.1) is 112 Å². The number of phenolic OH excluding ortho intramolecular Hbond substituents is 2. The van der Waals surface area contributed by atoms with Crippen LogP contribution in [0, 0.1) is 17.8 Å². The highest BCUT2D eigenvalue weighted by Gasteiger charge is 2.51. The Morgan fingerprint density at radius 3 is 1.72 bits per heavy atom. The lowest BCUT2D eigenvalue weighted by Gasteiger charge is -2.44. The monoisotopic (exact) mass is 1810 g/mol. The number of methoxy groups -OCH3 is 1. The van der Waals surface area contributed by atoms with Crippen LogP contribution >= 0.6 is 0 Å². The fourth-order valence-electron chi connectivity index (χ4n) is 16.3. The summed E-state index contributed by atoms with van der Waals surface area (Å²) in [5, 5.41) is 102. The quantitative estimate of drug-likeness (QED) is 0.0115. The molecule has 1 aliphatic heterocycles. The number of carbonyl (C=O) groups is 13. The standard InChI is InChI=1S/C88H118N8O31S/c1-5-128(118,119)40-39-125-87(116)94-30-34-124-38-36-122-32-28-91-69(99)21-17-60(84(112)93-29-33-123-37-35-121-31-27-90-51(3)98)44-61(45-62(86(114)115)43-59(20-24-73(105)106)58-16-12-53-9-13-55-41-56(14-10-52(55)11-15-57(53)42-58)54(18-22-71(101)102)19-23-72(103)104)85(113)92-26-25-70(100)96-95-68(49-97)88(117)47-64-76(67(48-88)127-74-46-65(89)79(107)50(2)126-74)83(111)78-77(81(64)109)80(108)63-7-6-8-66(120-4)75(63)82(78)110/h5-8,10,12,14,16,41-42,49-50,54,59-62,65,67-68,74,79,95,107,109,111,117H,1,9,11,13,15,17-40,43-48,89H2,2-4H3,(H,90,98)(H,91,99)(H,92,113)(H,93,112)(H,94,116)(H,96,100)(H,101,102)(H,103,104)(H,105,106)(H,114,115). The number of ketones is 2. The first kappa shape index (κ1) is 102. The summed E-state index contributed by atoms with van der Waals surface area (Å²) in [4.78, 5) is 172. The molecule has 0 spiro atoms. The number of aliphatic carboxylic acids is 4. The van der Waals surface area contributed by atoms with Crippen molar-refractivity contribution in [3.8, 4) is 17.2 Å². The zero-order chi connectivity index (χ0) is 93.4. The van der Waals surface area contributed by atoms with E-state index in [0.717, 1.165) is 33.2 Å². The molecular weight excluding hydrogens is 1700 g/mol. The molecule has 3 aliphatic carbocycles. The Labute approximate surface area is 739 Å². The highest BCUT2D eigenvalue weighted by Crippen LogP contribution is 2.53. The van der Waals surface area contributed by atoms with Gasteiger partial charge in [0.2, 0.25) is 35.3 Å². The average Bonchev–Trinajstić information content (AvgIpc) is 0.708. The predicted octanol–water partition coefficient (Wildman–Crippen LogP) is 3.08. The number of aliphatic hydroxyl groups excluding tert-OH is 1. The van der Waals surface area contributed by atoms with Gasteiger partial charge in [-0.1, -0.05) is 55.1 Å². The molecule has 4 aliphatic rings. The summed E-state index contributed by atoms with van der Waals surface area (Å²) in [6.45, 7) is 5.80. The predicted molar refractivity (Wildman–Crippen MR) is 455 cm³/mol. The van der Waals surface area contributed by atoms with E-state index in [0.29, 0.717) is 31.2 Å². The number of hydrogen-bond acceptors (Lipinski definition) is 29. The number of aldehydes is 1. The van der Waals surface area contributed by atoms with E-state index in [2.05, 4.69) is 44.0 Å². The van der Waals surface area contributed by atoms with Crippen molar-refractivity contribution in [2.75, 3.05) is 105 Å². The minimum atomic E-state index is -3.57. The molecule has 4 aromatic rings. The fourth-order valence-corrected chi connectivity index (χ4v) is 16.8. The van der Waals surface area contributed by atoms with E-state index in [1.807, 2.05) is 30.3 Å². The molecule has 4 aromatic carbocycles. The number of ether oxygens (including phenoxy) is 8. The maximum Gasteiger partial charge on any atom is 0.407 e. The van der Waals surface area contributed by atoms with Crippen LogP contribution < -0.4 is 47.9 Å². The van der Waals surface area contributed by atoms with Crippen molar-refractivity contribution >= 4 is 87.2 Å². The van der Waals surface area contributed by atoms with E-state index in [1.165, 1.54) is 39.2 Å². The molecule has 39 nitrogen and oxygen atoms in total. The first-order valence-corrected chi connectivity index (χ1v) is 44.4. The highest BCUT2D eigenvalue weighted by molar-refractivity contribution is 7.94. The van der Waals surface area contributed by atoms with Crippen molar-refractivity contribution < 1.29 is 149 Å². The molecule has 1 saturated heterocycles. The summed E-state index contributed by atoms with van der Waals surface area (Å²) in [5.41, 5.74) is 11.8. The number of nitrogens with one attached hydrogen (secondary N) is 7. The Morgan fingerprint density at radius 2 is 1.16 bits per heavy atom. The molecule has 0 saturated carbocycles. The van der Waals surface area contributed by atoms with E-state index in [4.69, 9.17) is 43.6 Å². The number of amides is 6. The number of alkyl carbamates (subject to hydrolysis) is 1. The van der Waals surface area contributed by atoms with E-state index in [-0.39, 0.29) is 190 Å². The second-order valence-corrected chi connectivity index (χ2v) is 34.2. The van der Waals surface area contributed by atoms with Crippen molar-refractivity contribution in [3.05, 3.63) is 133 Å². The van der Waals surface area contributed by atoms with E-state index < -0.39 is 214 Å². The maximum atomic E-state index is 15.1. The zero-order valence-electron chi connectivity index (χ0n) is 71.9. The number of carbonyl (C=O) groups excluding carboxylic acids is 9. The second kappa shape index (κ2) is 50.2. The van der Waals surface area contributed by atoms with E-state index in [9.17, 15) is 107 Å². The zero-order valence-corrected chi connectivity index (χ0v) is 72.7. The normalized spacial score (nSPS) is 18.8. The molecule has 6 amide bonds. The third-order valence-electron chi connectivity index (χ3n) is 23.1. The molecule has 8 rings (SSSR count). The number of fused-ring (bicyclic) bond motifs is 5. The van der Waals surface area contributed by atoms with Crippen LogP contribution in [0.15, 0.2) is 66.6 Å². The van der Waals surface area contributed by atoms with Gasteiger partial charge in [0, 0.05) is 131 Å². The molecule has 0 bridgehead atoms. The summed E-state index contributed by atoms with van der Waals surface area (Å²) in [5.74, 6) is -17.0. The van der Waals surface area contributed by atoms with Gasteiger partial charge in [0.25, 0.3) is 0 Å². The molecule has 702 valence electrons. The van der Waals surface area contributed by atoms with Gasteiger partial charge in [-0.05, 0) is 129 Å². The Hall–Kier alpha value is -10.9. The average molecular weight is 1820 g/mol. The summed E-state index contributed by atoms with van der Waals surface area (Å²) in [6.07, 6.45) is -7.60. The van der Waals surface area contributed by atoms with Gasteiger partial charge in [0.1, 0.15) is 36.2 Å². The highest BCUT2D eigenvalue weighted by atomic mass is 32.2. The van der Waals surface area contributed by atoms with Gasteiger partial charge in [-0.2, -0.15) is 0 Å². The van der Waals surface area contributed by atoms with Crippen LogP contribution in [0.1, 0.15) is 198 Å². The summed E-state index contributed by atoms with van der Waals surface area (Å²) in [6, 6.07) is 12.9. The van der Waals surface area contributed by atoms with Gasteiger partial charge in [0.15, 0.2) is 21.9 Å². The lowest BCUT2D eigenvalue weighted by molar-refractivity contribution is -0.248. The number of nitrogens with two attached hydrogens (primary N) is 1. The number of benzene rings is 4. The van der Waals surface area contributed by atoms with Crippen LogP contribution in [0.25, 0.3) is 0 Å². The number of aromatic hydroxyl groups is 2. The van der Waals surface area contributed by atoms with Crippen LogP contribution in [0.3, 0.4) is 0 Å². The number of carboxylic acids is 4. The SMILES string of the molecule is C=CS(=O)(=O)CCOC(=O)NCCOCCOCCNC(=O)CCC(CC(CC(CC(CCC(=O)O)c1ccc2c(c1)CCc1ccc(C(CCC(=O)O)CCC(=O)O)cc1CC2)C(=O)O)C(=O)NCCC(=O)NNC(C=O)C1(O)Cc2c(O)c3c(c(O)c2C(OC2CC(N)C(O)C(C)O2)C1)C(=O)c1c(OC)cccc1C3=O)C(=O)NCCOCCOCCNC(C)=O. The molecule has 1 fully saturated rings. The Balaban J connectivity index is 1.02. The first-order chi connectivity index (χ1) is 61.0. The topological polar surface area (TPSA) is 602 Å². The van der Waals surface area contributed by atoms with Crippen LogP contribution in [0.2, 0.25) is 0 Å². The summed E-state index contributed by atoms with van der Waals surface area (Å²) >= 11 is 0. The molecule has 0 aromatic heterocycles. The Kier molecular flexibility index (Phi) is 40.1. The van der Waals surface area contributed by atoms with Crippen molar-refractivity contribution in [2.24, 2.45) is 23.5 Å². The van der Waals surface area contributed by atoms with Crippen LogP contribution in [-0.4, -0.2) is 268 Å². The molecule has 0 radical (unpaired) electrons. The Bertz CT molecular complexity index is 4690. The van der Waals surface area contributed by atoms with Crippen LogP contribution in [0.5, 0.6) is 17.2 Å². The minimum Gasteiger partial charge on any atom is -0.507 e. The second-order valence-electron chi connectivity index (χ2n) is 32.1. The summed E-state index contributed by atoms with van der Waals surface area (Å²) < 4.78 is 67.9. The lowest BCUT2D eigenvalue weighted by atomic mass is 9.71. The van der Waals surface area contributed by atoms with Crippen molar-refractivity contribution in [1.82, 2.24) is 37.4 Å². The maximum absolute atomic E-state index is 15.1. The number of hydrogen-bond donors (Lipinski definition) is 16. The van der Waals surface area contributed by atoms with Gasteiger partial charge >= 0.3 is 30.0 Å². The first-order valence-electron chi connectivity index (χ1n) is 42.6. The molecule has 40 heteroatoms. The van der Waals surface area contributed by atoms with Gasteiger partial charge < -0.3 is 116 Å². The van der Waals surface area contributed by atoms with Crippen LogP contribution in [0.4, 0.5) is 4.79 Å². The number of carboxylic acid groups (broad SMARTS) is 4. The van der Waals surface area contributed by atoms with Crippen LogP contribution in [-0.2, 0) is 123 Å². The van der Waals surface area contributed by atoms with Gasteiger partial charge in [-0.15, -0.1) is 0 Å². The lowest BCUT2D eigenvalue weighted by Crippen LogP contribution is -2.60. The summed E-state index contributed by atoms with van der Waals surface area (Å²) in [7, 11) is -2.31. The number of rotatable bonds is 55. The molecule has 128 heavy (non-hydrogen) atoms. The Morgan fingerprint density at radius 1 is 0.617 bits per heavy atom. The minimum absolute atomic E-state index is 0.00930. The third kappa shape index (κ3) is 30.4. The van der Waals surface area contributed by atoms with E-state index >= 15 is 4.79 Å². The number of hydrazine groups is 1. The smallest absolute Gasteiger partial charge is 0.407 e. The fraction of sp³-hybridized carbons (Fsp3) is 0.557. The molecule has 1 heterocycles. The third-order valence-corrected chi connectivity index (χ3v) is 24.4. The largest absolute Gasteiger partial charge is 0.507 e. The van der Waals surface area contributed by atoms with Crippen molar-refractivity contribution in [3.63, 3.8) is 0 Å². The van der Waals surface area contributed by atoms with E-state index in [1.54, 1.807) is 6.07 Å². The van der Waals surface area contributed by atoms with Crippen molar-refractivity contribution in [2.45, 2.75) is 190 Å². The molecule has 11 atom stereocenters.